The maximum absolute atomic E-state index is 12.7. The van der Waals surface area contributed by atoms with Crippen LogP contribution in [-0.2, 0) is 11.2 Å². The molecule has 6 nitrogen and oxygen atoms in total. The minimum absolute atomic E-state index is 0.130. The molecule has 2 saturated heterocycles. The molecule has 6 heteroatoms. The highest BCUT2D eigenvalue weighted by Crippen LogP contribution is 2.19. The van der Waals surface area contributed by atoms with E-state index >= 15 is 0 Å². The number of anilines is 1. The fourth-order valence-electron chi connectivity index (χ4n) is 3.87. The third kappa shape index (κ3) is 4.02. The van der Waals surface area contributed by atoms with Crippen molar-refractivity contribution in [2.75, 3.05) is 37.7 Å². The lowest BCUT2D eigenvalue weighted by Gasteiger charge is -2.37. The molecule has 2 aliphatic heterocycles. The van der Waals surface area contributed by atoms with Gasteiger partial charge in [-0.2, -0.15) is 0 Å². The number of rotatable bonds is 5. The highest BCUT2D eigenvalue weighted by Gasteiger charge is 2.38. The van der Waals surface area contributed by atoms with E-state index < -0.39 is 6.04 Å². The molecule has 2 aromatic carbocycles. The molecular weight excluding hydrogens is 352 g/mol. The van der Waals surface area contributed by atoms with Gasteiger partial charge in [-0.05, 0) is 30.2 Å². The molecule has 0 aliphatic carbocycles. The van der Waals surface area contributed by atoms with Crippen LogP contribution in [0, 0.1) is 6.92 Å². The molecule has 4 rings (SSSR count). The summed E-state index contributed by atoms with van der Waals surface area (Å²) in [6, 6.07) is 17.6. The van der Waals surface area contributed by atoms with Crippen LogP contribution in [0.4, 0.5) is 10.5 Å². The van der Waals surface area contributed by atoms with E-state index in [1.54, 1.807) is 0 Å². The Hall–Kier alpha value is -2.86. The van der Waals surface area contributed by atoms with Gasteiger partial charge >= 0.3 is 6.03 Å². The summed E-state index contributed by atoms with van der Waals surface area (Å²) in [5.74, 6) is -0.130. The van der Waals surface area contributed by atoms with Gasteiger partial charge in [0.15, 0.2) is 0 Å². The first kappa shape index (κ1) is 18.5. The van der Waals surface area contributed by atoms with Crippen LogP contribution in [0.25, 0.3) is 0 Å². The smallest absolute Gasteiger partial charge is 0.325 e. The summed E-state index contributed by atoms with van der Waals surface area (Å²) in [6.07, 6.45) is 0.531. The van der Waals surface area contributed by atoms with Gasteiger partial charge in [-0.1, -0.05) is 42.5 Å². The van der Waals surface area contributed by atoms with E-state index in [1.807, 2.05) is 30.3 Å². The zero-order chi connectivity index (χ0) is 19.5. The molecule has 2 aromatic rings. The first-order valence-corrected chi connectivity index (χ1v) is 9.80. The minimum Gasteiger partial charge on any atom is -0.369 e. The van der Waals surface area contributed by atoms with E-state index in [-0.39, 0.29) is 11.9 Å². The maximum atomic E-state index is 12.7. The molecule has 2 aliphatic rings. The molecule has 1 atom stereocenters. The summed E-state index contributed by atoms with van der Waals surface area (Å²) >= 11 is 0. The average molecular weight is 378 g/mol. The Morgan fingerprint density at radius 1 is 0.964 bits per heavy atom. The Kier molecular flexibility index (Phi) is 5.30. The molecule has 0 bridgehead atoms. The molecule has 0 radical (unpaired) electrons. The summed E-state index contributed by atoms with van der Waals surface area (Å²) in [4.78, 5) is 30.9. The highest BCUT2D eigenvalue weighted by atomic mass is 16.2. The molecule has 1 N–H and O–H groups in total. The number of piperazine rings is 1. The highest BCUT2D eigenvalue weighted by molar-refractivity contribution is 6.04. The topological polar surface area (TPSA) is 55.9 Å². The third-order valence-corrected chi connectivity index (χ3v) is 5.47. The summed E-state index contributed by atoms with van der Waals surface area (Å²) in [5.41, 5.74) is 3.54. The molecule has 28 heavy (non-hydrogen) atoms. The van der Waals surface area contributed by atoms with Gasteiger partial charge in [0.05, 0.1) is 6.67 Å². The van der Waals surface area contributed by atoms with Crippen LogP contribution in [0.1, 0.15) is 11.1 Å². The number of benzene rings is 2. The Morgan fingerprint density at radius 2 is 1.71 bits per heavy atom. The van der Waals surface area contributed by atoms with E-state index in [2.05, 4.69) is 46.3 Å². The Balaban J connectivity index is 1.32. The summed E-state index contributed by atoms with van der Waals surface area (Å²) in [7, 11) is 0. The minimum atomic E-state index is -0.469. The van der Waals surface area contributed by atoms with Crippen molar-refractivity contribution in [3.63, 3.8) is 0 Å². The molecule has 2 fully saturated rings. The second kappa shape index (κ2) is 8.02. The Morgan fingerprint density at radius 3 is 2.43 bits per heavy atom. The fourth-order valence-corrected chi connectivity index (χ4v) is 3.87. The molecule has 0 spiro atoms. The van der Waals surface area contributed by atoms with E-state index in [0.29, 0.717) is 13.1 Å². The van der Waals surface area contributed by atoms with Gasteiger partial charge in [0.25, 0.3) is 5.91 Å². The van der Waals surface area contributed by atoms with E-state index in [4.69, 9.17) is 0 Å². The number of amides is 3. The van der Waals surface area contributed by atoms with Crippen LogP contribution in [0.3, 0.4) is 0 Å². The molecule has 0 aromatic heterocycles. The predicted octanol–water partition coefficient (Wildman–Crippen LogP) is 2.24. The predicted molar refractivity (Wildman–Crippen MR) is 109 cm³/mol. The van der Waals surface area contributed by atoms with Crippen molar-refractivity contribution in [3.05, 3.63) is 65.7 Å². The van der Waals surface area contributed by atoms with Crippen molar-refractivity contribution in [2.24, 2.45) is 0 Å². The van der Waals surface area contributed by atoms with Crippen molar-refractivity contribution < 1.29 is 9.59 Å². The number of imide groups is 1. The van der Waals surface area contributed by atoms with Gasteiger partial charge in [0.1, 0.15) is 6.04 Å². The van der Waals surface area contributed by atoms with Gasteiger partial charge in [-0.25, -0.2) is 9.69 Å². The largest absolute Gasteiger partial charge is 0.369 e. The number of hydrogen-bond acceptors (Lipinski definition) is 4. The monoisotopic (exact) mass is 378 g/mol. The summed E-state index contributed by atoms with van der Waals surface area (Å²) in [5, 5.41) is 2.83. The number of nitrogens with one attached hydrogen (secondary N) is 1. The second-order valence-corrected chi connectivity index (χ2v) is 7.54. The summed E-state index contributed by atoms with van der Waals surface area (Å²) in [6.45, 7) is 5.89. The standard InChI is InChI=1S/C22H26N4O2/c1-17-6-5-9-19(14-17)25-12-10-24(11-13-25)16-26-21(27)20(23-22(26)28)15-18-7-3-2-4-8-18/h2-9,14,20H,10-13,15-16H2,1H3,(H,23,28). The average Bonchev–Trinajstić information content (AvgIpc) is 2.97. The van der Waals surface area contributed by atoms with Crippen LogP contribution in [0.15, 0.2) is 54.6 Å². The number of carbonyl (C=O) groups excluding carboxylic acids is 2. The van der Waals surface area contributed by atoms with Crippen molar-refractivity contribution in [3.8, 4) is 0 Å². The number of nitrogens with zero attached hydrogens (tertiary/aromatic N) is 3. The van der Waals surface area contributed by atoms with Crippen molar-refractivity contribution in [1.29, 1.82) is 0 Å². The fraction of sp³-hybridized carbons (Fsp3) is 0.364. The quantitative estimate of drug-likeness (QED) is 0.811. The van der Waals surface area contributed by atoms with Gasteiger partial charge in [0.2, 0.25) is 0 Å². The summed E-state index contributed by atoms with van der Waals surface area (Å²) < 4.78 is 0. The maximum Gasteiger partial charge on any atom is 0.325 e. The molecule has 2 heterocycles. The first-order valence-electron chi connectivity index (χ1n) is 9.80. The molecular formula is C22H26N4O2. The SMILES string of the molecule is Cc1cccc(N2CCN(CN3C(=O)NC(Cc4ccccc4)C3=O)CC2)c1. The van der Waals surface area contributed by atoms with Crippen LogP contribution >= 0.6 is 0 Å². The number of carbonyl (C=O) groups is 2. The molecule has 1 unspecified atom stereocenters. The van der Waals surface area contributed by atoms with Gasteiger partial charge in [0, 0.05) is 38.3 Å². The van der Waals surface area contributed by atoms with Gasteiger partial charge in [-0.3, -0.25) is 9.69 Å². The lowest BCUT2D eigenvalue weighted by Crippen LogP contribution is -2.51. The van der Waals surface area contributed by atoms with E-state index in [9.17, 15) is 9.59 Å². The normalized spacial score (nSPS) is 20.5. The van der Waals surface area contributed by atoms with Crippen molar-refractivity contribution in [1.82, 2.24) is 15.1 Å². The zero-order valence-electron chi connectivity index (χ0n) is 16.2. The van der Waals surface area contributed by atoms with Crippen LogP contribution in [0.5, 0.6) is 0 Å². The lowest BCUT2D eigenvalue weighted by atomic mass is 10.1. The second-order valence-electron chi connectivity index (χ2n) is 7.54. The number of hydrogen-bond donors (Lipinski definition) is 1. The van der Waals surface area contributed by atoms with Crippen LogP contribution < -0.4 is 10.2 Å². The van der Waals surface area contributed by atoms with Crippen molar-refractivity contribution in [2.45, 2.75) is 19.4 Å². The van der Waals surface area contributed by atoms with Gasteiger partial charge in [-0.15, -0.1) is 0 Å². The van der Waals surface area contributed by atoms with Gasteiger partial charge < -0.3 is 10.2 Å². The van der Waals surface area contributed by atoms with E-state index in [1.165, 1.54) is 16.2 Å². The zero-order valence-corrected chi connectivity index (χ0v) is 16.2. The number of aryl methyl sites for hydroxylation is 1. The molecule has 146 valence electrons. The van der Waals surface area contributed by atoms with E-state index in [0.717, 1.165) is 31.7 Å². The third-order valence-electron chi connectivity index (χ3n) is 5.47. The van der Waals surface area contributed by atoms with Crippen LogP contribution in [0.2, 0.25) is 0 Å². The molecule has 0 saturated carbocycles. The Labute approximate surface area is 165 Å². The first-order chi connectivity index (χ1) is 13.6. The Bertz CT molecular complexity index is 847. The number of urea groups is 1. The molecule has 3 amide bonds. The van der Waals surface area contributed by atoms with Crippen LogP contribution in [-0.4, -0.2) is 60.6 Å². The van der Waals surface area contributed by atoms with Crippen molar-refractivity contribution >= 4 is 17.6 Å². The lowest BCUT2D eigenvalue weighted by molar-refractivity contribution is -0.129.